The van der Waals surface area contributed by atoms with Gasteiger partial charge in [0, 0.05) is 6.54 Å². The van der Waals surface area contributed by atoms with Gasteiger partial charge < -0.3 is 14.5 Å². The van der Waals surface area contributed by atoms with Crippen LogP contribution in [0, 0.1) is 6.92 Å². The number of furan rings is 1. The third kappa shape index (κ3) is 5.07. The number of amides is 1. The van der Waals surface area contributed by atoms with Crippen molar-refractivity contribution in [2.45, 2.75) is 30.8 Å². The number of ether oxygens (including phenoxy) is 1. The third-order valence-corrected chi connectivity index (χ3v) is 6.37. The Morgan fingerprint density at radius 2 is 1.94 bits per heavy atom. The van der Waals surface area contributed by atoms with Gasteiger partial charge in [-0.05, 0) is 37.6 Å². The lowest BCUT2D eigenvalue weighted by molar-refractivity contribution is -0.115. The van der Waals surface area contributed by atoms with Crippen molar-refractivity contribution < 1.29 is 13.9 Å². The predicted octanol–water partition coefficient (Wildman–Crippen LogP) is 5.90. The number of aryl methyl sites for hydroxylation is 1. The van der Waals surface area contributed by atoms with Gasteiger partial charge in [0.2, 0.25) is 5.91 Å². The van der Waals surface area contributed by atoms with E-state index in [1.54, 1.807) is 12.3 Å². The molecule has 0 spiro atoms. The second kappa shape index (κ2) is 10.9. The molecule has 7 nitrogen and oxygen atoms in total. The van der Waals surface area contributed by atoms with E-state index in [-0.39, 0.29) is 5.91 Å². The SMILES string of the molecule is C=CCn1c(S[C@H](C(=O)Nc2ccccc2OCC)c2ccccc2)nnc1-c1ccoc1C. The normalized spacial score (nSPS) is 11.7. The number of para-hydroxylation sites is 2. The van der Waals surface area contributed by atoms with Gasteiger partial charge in [-0.1, -0.05) is 60.3 Å². The monoisotopic (exact) mass is 474 g/mol. The molecule has 1 amide bonds. The van der Waals surface area contributed by atoms with Crippen LogP contribution in [0.5, 0.6) is 5.75 Å². The molecule has 2 heterocycles. The Morgan fingerprint density at radius 1 is 1.18 bits per heavy atom. The standard InChI is InChI=1S/C26H26N4O3S/c1-4-16-30-24(20-15-17-33-18(20)3)28-29-26(30)34-23(19-11-7-6-8-12-19)25(31)27-21-13-9-10-14-22(21)32-5-2/h4,6-15,17,23H,1,5,16H2,2-3H3,(H,27,31)/t23-/m0/s1. The number of hydrogen-bond acceptors (Lipinski definition) is 6. The predicted molar refractivity (Wildman–Crippen MR) is 134 cm³/mol. The van der Waals surface area contributed by atoms with Crippen LogP contribution in [0.3, 0.4) is 0 Å². The minimum absolute atomic E-state index is 0.183. The number of carbonyl (C=O) groups excluding carboxylic acids is 1. The van der Waals surface area contributed by atoms with E-state index in [0.29, 0.717) is 35.6 Å². The van der Waals surface area contributed by atoms with Gasteiger partial charge in [0.25, 0.3) is 0 Å². The maximum atomic E-state index is 13.6. The first-order valence-corrected chi connectivity index (χ1v) is 11.8. The third-order valence-electron chi connectivity index (χ3n) is 5.14. The molecule has 1 atom stereocenters. The quantitative estimate of drug-likeness (QED) is 0.227. The van der Waals surface area contributed by atoms with Gasteiger partial charge in [-0.15, -0.1) is 16.8 Å². The molecule has 34 heavy (non-hydrogen) atoms. The summed E-state index contributed by atoms with van der Waals surface area (Å²) in [4.78, 5) is 13.6. The van der Waals surface area contributed by atoms with E-state index in [1.807, 2.05) is 79.1 Å². The minimum Gasteiger partial charge on any atom is -0.492 e. The Hall–Kier alpha value is -3.78. The van der Waals surface area contributed by atoms with Crippen LogP contribution in [0.4, 0.5) is 5.69 Å². The summed E-state index contributed by atoms with van der Waals surface area (Å²) >= 11 is 1.34. The highest BCUT2D eigenvalue weighted by atomic mass is 32.2. The zero-order chi connectivity index (χ0) is 23.9. The summed E-state index contributed by atoms with van der Waals surface area (Å²) in [5.41, 5.74) is 2.33. The van der Waals surface area contributed by atoms with Crippen molar-refractivity contribution in [3.8, 4) is 17.1 Å². The van der Waals surface area contributed by atoms with E-state index in [0.717, 1.165) is 16.9 Å². The number of anilines is 1. The Bertz CT molecular complexity index is 1270. The van der Waals surface area contributed by atoms with Crippen molar-refractivity contribution >= 4 is 23.4 Å². The molecule has 0 radical (unpaired) electrons. The van der Waals surface area contributed by atoms with Crippen molar-refractivity contribution in [2.24, 2.45) is 0 Å². The van der Waals surface area contributed by atoms with E-state index in [9.17, 15) is 4.79 Å². The fourth-order valence-corrected chi connectivity index (χ4v) is 4.59. The van der Waals surface area contributed by atoms with Gasteiger partial charge in [-0.3, -0.25) is 9.36 Å². The number of carbonyl (C=O) groups is 1. The molecule has 0 aliphatic carbocycles. The first kappa shape index (κ1) is 23.4. The fourth-order valence-electron chi connectivity index (χ4n) is 3.54. The molecular weight excluding hydrogens is 448 g/mol. The average molecular weight is 475 g/mol. The lowest BCUT2D eigenvalue weighted by atomic mass is 10.1. The number of benzene rings is 2. The van der Waals surface area contributed by atoms with Gasteiger partial charge in [0.1, 0.15) is 16.8 Å². The van der Waals surface area contributed by atoms with Crippen molar-refractivity contribution in [2.75, 3.05) is 11.9 Å². The number of aromatic nitrogens is 3. The molecule has 174 valence electrons. The molecule has 8 heteroatoms. The van der Waals surface area contributed by atoms with Crippen LogP contribution in [0.15, 0.2) is 89.2 Å². The second-order valence-corrected chi connectivity index (χ2v) is 8.50. The maximum Gasteiger partial charge on any atom is 0.242 e. The molecule has 0 saturated carbocycles. The van der Waals surface area contributed by atoms with E-state index in [1.165, 1.54) is 11.8 Å². The van der Waals surface area contributed by atoms with Crippen molar-refractivity contribution in [1.82, 2.24) is 14.8 Å². The maximum absolute atomic E-state index is 13.6. The highest BCUT2D eigenvalue weighted by Gasteiger charge is 2.27. The van der Waals surface area contributed by atoms with Gasteiger partial charge in [-0.25, -0.2) is 0 Å². The molecule has 0 unspecified atom stereocenters. The van der Waals surface area contributed by atoms with E-state index < -0.39 is 5.25 Å². The highest BCUT2D eigenvalue weighted by Crippen LogP contribution is 2.38. The lowest BCUT2D eigenvalue weighted by Crippen LogP contribution is -2.20. The zero-order valence-corrected chi connectivity index (χ0v) is 19.9. The van der Waals surface area contributed by atoms with Crippen LogP contribution >= 0.6 is 11.8 Å². The zero-order valence-electron chi connectivity index (χ0n) is 19.1. The molecule has 2 aromatic heterocycles. The summed E-state index contributed by atoms with van der Waals surface area (Å²) in [5, 5.41) is 11.9. The molecule has 0 aliphatic heterocycles. The van der Waals surface area contributed by atoms with Crippen LogP contribution in [0.25, 0.3) is 11.4 Å². The number of nitrogens with zero attached hydrogens (tertiary/aromatic N) is 3. The van der Waals surface area contributed by atoms with Crippen LogP contribution in [0.2, 0.25) is 0 Å². The van der Waals surface area contributed by atoms with E-state index in [2.05, 4.69) is 22.1 Å². The second-order valence-electron chi connectivity index (χ2n) is 7.42. The van der Waals surface area contributed by atoms with Gasteiger partial charge in [0.15, 0.2) is 11.0 Å². The van der Waals surface area contributed by atoms with Crippen LogP contribution in [-0.4, -0.2) is 27.3 Å². The van der Waals surface area contributed by atoms with Gasteiger partial charge in [0.05, 0.1) is 24.1 Å². The number of hydrogen-bond donors (Lipinski definition) is 1. The number of nitrogens with one attached hydrogen (secondary N) is 1. The smallest absolute Gasteiger partial charge is 0.242 e. The fraction of sp³-hybridized carbons (Fsp3) is 0.192. The molecule has 0 fully saturated rings. The highest BCUT2D eigenvalue weighted by molar-refractivity contribution is 8.00. The largest absolute Gasteiger partial charge is 0.492 e. The topological polar surface area (TPSA) is 82.2 Å². The molecular formula is C26H26N4O3S. The number of rotatable bonds is 10. The number of thioether (sulfide) groups is 1. The summed E-state index contributed by atoms with van der Waals surface area (Å²) in [7, 11) is 0. The van der Waals surface area contributed by atoms with E-state index in [4.69, 9.17) is 9.15 Å². The Kier molecular flexibility index (Phi) is 7.49. The summed E-state index contributed by atoms with van der Waals surface area (Å²) in [5.74, 6) is 1.86. The summed E-state index contributed by atoms with van der Waals surface area (Å²) in [6, 6.07) is 18.9. The molecule has 4 rings (SSSR count). The Morgan fingerprint density at radius 3 is 2.65 bits per heavy atom. The summed E-state index contributed by atoms with van der Waals surface area (Å²) < 4.78 is 13.1. The number of allylic oxidation sites excluding steroid dienone is 1. The first-order chi connectivity index (χ1) is 16.6. The molecule has 0 saturated heterocycles. The van der Waals surface area contributed by atoms with Gasteiger partial charge in [-0.2, -0.15) is 0 Å². The average Bonchev–Trinajstić information content (AvgIpc) is 3.45. The molecule has 1 N–H and O–H groups in total. The molecule has 2 aromatic carbocycles. The van der Waals surface area contributed by atoms with Gasteiger partial charge >= 0.3 is 0 Å². The first-order valence-electron chi connectivity index (χ1n) is 10.9. The lowest BCUT2D eigenvalue weighted by Gasteiger charge is -2.18. The van der Waals surface area contributed by atoms with Crippen LogP contribution in [0.1, 0.15) is 23.5 Å². The summed E-state index contributed by atoms with van der Waals surface area (Å²) in [6.45, 7) is 8.66. The molecule has 0 bridgehead atoms. The van der Waals surface area contributed by atoms with Crippen molar-refractivity contribution in [3.63, 3.8) is 0 Å². The minimum atomic E-state index is -0.568. The van der Waals surface area contributed by atoms with Crippen molar-refractivity contribution in [1.29, 1.82) is 0 Å². The van der Waals surface area contributed by atoms with Crippen LogP contribution < -0.4 is 10.1 Å². The summed E-state index contributed by atoms with van der Waals surface area (Å²) in [6.07, 6.45) is 3.41. The Labute approximate surface area is 202 Å². The molecule has 4 aromatic rings. The van der Waals surface area contributed by atoms with Crippen molar-refractivity contribution in [3.05, 3.63) is 90.9 Å². The van der Waals surface area contributed by atoms with E-state index >= 15 is 0 Å². The Balaban J connectivity index is 1.68. The van der Waals surface area contributed by atoms with Crippen LogP contribution in [-0.2, 0) is 11.3 Å². The molecule has 0 aliphatic rings.